The molecule has 0 spiro atoms. The lowest BCUT2D eigenvalue weighted by molar-refractivity contribution is 0.374. The first-order valence-electron chi connectivity index (χ1n) is 8.12. The lowest BCUT2D eigenvalue weighted by Crippen LogP contribution is -2.23. The molecule has 8 heteroatoms. The maximum Gasteiger partial charge on any atom is 0.229 e. The van der Waals surface area contributed by atoms with E-state index in [2.05, 4.69) is 25.4 Å². The van der Waals surface area contributed by atoms with Gasteiger partial charge in [-0.15, -0.1) is 0 Å². The zero-order valence-corrected chi connectivity index (χ0v) is 13.2. The van der Waals surface area contributed by atoms with Crippen molar-refractivity contribution in [3.63, 3.8) is 0 Å². The van der Waals surface area contributed by atoms with E-state index < -0.39 is 0 Å². The SMILES string of the molecule is CN(CCc1noc(C2CC2)n1)c1cc(NC2CC2)nc(N)n1. The molecule has 23 heavy (non-hydrogen) atoms. The second-order valence-electron chi connectivity index (χ2n) is 6.38. The number of nitrogen functional groups attached to an aromatic ring is 1. The molecule has 0 aromatic carbocycles. The highest BCUT2D eigenvalue weighted by molar-refractivity contribution is 5.53. The van der Waals surface area contributed by atoms with Gasteiger partial charge in [-0.25, -0.2) is 0 Å². The molecule has 122 valence electrons. The van der Waals surface area contributed by atoms with Crippen molar-refractivity contribution in [3.05, 3.63) is 17.8 Å². The fourth-order valence-corrected chi connectivity index (χ4v) is 2.41. The molecule has 2 saturated carbocycles. The largest absolute Gasteiger partial charge is 0.368 e. The molecule has 0 amide bonds. The molecule has 2 aliphatic rings. The Morgan fingerprint density at radius 1 is 1.26 bits per heavy atom. The molecule has 2 aliphatic carbocycles. The highest BCUT2D eigenvalue weighted by Gasteiger charge is 2.29. The van der Waals surface area contributed by atoms with Crippen LogP contribution >= 0.6 is 0 Å². The Hall–Kier alpha value is -2.38. The summed E-state index contributed by atoms with van der Waals surface area (Å²) in [6, 6.07) is 2.46. The highest BCUT2D eigenvalue weighted by Crippen LogP contribution is 2.38. The number of nitrogens with two attached hydrogens (primary N) is 1. The molecule has 2 heterocycles. The van der Waals surface area contributed by atoms with E-state index in [4.69, 9.17) is 10.3 Å². The third kappa shape index (κ3) is 3.52. The summed E-state index contributed by atoms with van der Waals surface area (Å²) in [6.07, 6.45) is 5.42. The van der Waals surface area contributed by atoms with Crippen molar-refractivity contribution in [2.24, 2.45) is 0 Å². The molecule has 2 aromatic heterocycles. The topological polar surface area (TPSA) is 106 Å². The summed E-state index contributed by atoms with van der Waals surface area (Å²) in [5, 5.41) is 7.39. The van der Waals surface area contributed by atoms with Gasteiger partial charge in [-0.1, -0.05) is 5.16 Å². The summed E-state index contributed by atoms with van der Waals surface area (Å²) in [7, 11) is 1.98. The van der Waals surface area contributed by atoms with Crippen LogP contribution in [0.25, 0.3) is 0 Å². The Bertz CT molecular complexity index is 693. The summed E-state index contributed by atoms with van der Waals surface area (Å²) in [5.74, 6) is 3.89. The van der Waals surface area contributed by atoms with Crippen molar-refractivity contribution in [1.29, 1.82) is 0 Å². The van der Waals surface area contributed by atoms with Crippen LogP contribution in [0.5, 0.6) is 0 Å². The molecular formula is C15H21N7O. The van der Waals surface area contributed by atoms with Crippen LogP contribution in [0.1, 0.15) is 43.3 Å². The van der Waals surface area contributed by atoms with E-state index in [0.717, 1.165) is 29.9 Å². The molecule has 8 nitrogen and oxygen atoms in total. The Balaban J connectivity index is 1.38. The van der Waals surface area contributed by atoms with Crippen LogP contribution in [-0.2, 0) is 6.42 Å². The van der Waals surface area contributed by atoms with Crippen LogP contribution in [0, 0.1) is 0 Å². The zero-order chi connectivity index (χ0) is 15.8. The van der Waals surface area contributed by atoms with E-state index in [-0.39, 0.29) is 5.95 Å². The number of hydrogen-bond donors (Lipinski definition) is 2. The van der Waals surface area contributed by atoms with Crippen molar-refractivity contribution >= 4 is 17.6 Å². The van der Waals surface area contributed by atoms with Crippen LogP contribution in [-0.4, -0.2) is 39.7 Å². The van der Waals surface area contributed by atoms with E-state index in [1.807, 2.05) is 18.0 Å². The van der Waals surface area contributed by atoms with Crippen molar-refractivity contribution in [3.8, 4) is 0 Å². The van der Waals surface area contributed by atoms with Crippen molar-refractivity contribution in [2.75, 3.05) is 29.5 Å². The molecule has 0 bridgehead atoms. The van der Waals surface area contributed by atoms with Crippen LogP contribution in [0.4, 0.5) is 17.6 Å². The lowest BCUT2D eigenvalue weighted by Gasteiger charge is -2.18. The third-order valence-electron chi connectivity index (χ3n) is 4.13. The minimum atomic E-state index is 0.285. The van der Waals surface area contributed by atoms with Gasteiger partial charge in [0.05, 0.1) is 0 Å². The zero-order valence-electron chi connectivity index (χ0n) is 13.2. The number of aromatic nitrogens is 4. The van der Waals surface area contributed by atoms with E-state index in [1.165, 1.54) is 25.7 Å². The Kier molecular flexibility index (Phi) is 3.51. The fourth-order valence-electron chi connectivity index (χ4n) is 2.41. The number of anilines is 3. The van der Waals surface area contributed by atoms with Gasteiger partial charge in [0, 0.05) is 38.0 Å². The molecular weight excluding hydrogens is 294 g/mol. The molecule has 0 radical (unpaired) electrons. The van der Waals surface area contributed by atoms with E-state index in [9.17, 15) is 0 Å². The number of hydrogen-bond acceptors (Lipinski definition) is 8. The molecule has 2 aromatic rings. The van der Waals surface area contributed by atoms with Crippen LogP contribution < -0.4 is 16.0 Å². The molecule has 4 rings (SSSR count). The Labute approximate surface area is 134 Å². The lowest BCUT2D eigenvalue weighted by atomic mass is 10.3. The van der Waals surface area contributed by atoms with Crippen molar-refractivity contribution in [1.82, 2.24) is 20.1 Å². The molecule has 2 fully saturated rings. The minimum absolute atomic E-state index is 0.285. The van der Waals surface area contributed by atoms with Gasteiger partial charge in [0.15, 0.2) is 5.82 Å². The first-order valence-corrected chi connectivity index (χ1v) is 8.12. The second-order valence-corrected chi connectivity index (χ2v) is 6.38. The molecule has 0 saturated heterocycles. The third-order valence-corrected chi connectivity index (χ3v) is 4.13. The number of rotatable bonds is 7. The Morgan fingerprint density at radius 3 is 2.83 bits per heavy atom. The average Bonchev–Trinajstić information content (AvgIpc) is 3.45. The first-order chi connectivity index (χ1) is 11.2. The van der Waals surface area contributed by atoms with Gasteiger partial charge in [0.2, 0.25) is 11.8 Å². The van der Waals surface area contributed by atoms with Gasteiger partial charge < -0.3 is 20.5 Å². The van der Waals surface area contributed by atoms with Gasteiger partial charge >= 0.3 is 0 Å². The monoisotopic (exact) mass is 315 g/mol. The average molecular weight is 315 g/mol. The second kappa shape index (κ2) is 5.68. The van der Waals surface area contributed by atoms with Gasteiger partial charge in [0.25, 0.3) is 0 Å². The van der Waals surface area contributed by atoms with Gasteiger partial charge in [0.1, 0.15) is 11.6 Å². The number of likely N-dealkylation sites (N-methyl/N-ethyl adjacent to an activating group) is 1. The predicted molar refractivity (Wildman–Crippen MR) is 86.3 cm³/mol. The summed E-state index contributed by atoms with van der Waals surface area (Å²) in [5.41, 5.74) is 5.82. The van der Waals surface area contributed by atoms with Gasteiger partial charge in [-0.2, -0.15) is 15.0 Å². The van der Waals surface area contributed by atoms with Crippen LogP contribution in [0.15, 0.2) is 10.6 Å². The van der Waals surface area contributed by atoms with Crippen molar-refractivity contribution < 1.29 is 4.52 Å². The summed E-state index contributed by atoms with van der Waals surface area (Å²) in [4.78, 5) is 15.0. The maximum atomic E-state index is 5.82. The molecule has 0 aliphatic heterocycles. The minimum Gasteiger partial charge on any atom is -0.368 e. The molecule has 0 unspecified atom stereocenters. The van der Waals surface area contributed by atoms with E-state index in [0.29, 0.717) is 18.4 Å². The first kappa shape index (κ1) is 14.2. The number of nitrogens with one attached hydrogen (secondary N) is 1. The van der Waals surface area contributed by atoms with Crippen LogP contribution in [0.2, 0.25) is 0 Å². The Morgan fingerprint density at radius 2 is 2.09 bits per heavy atom. The van der Waals surface area contributed by atoms with Crippen LogP contribution in [0.3, 0.4) is 0 Å². The summed E-state index contributed by atoms with van der Waals surface area (Å²) < 4.78 is 5.28. The smallest absolute Gasteiger partial charge is 0.229 e. The number of nitrogens with zero attached hydrogens (tertiary/aromatic N) is 5. The fraction of sp³-hybridized carbons (Fsp3) is 0.600. The summed E-state index contributed by atoms with van der Waals surface area (Å²) >= 11 is 0. The normalized spacial score (nSPS) is 17.3. The maximum absolute atomic E-state index is 5.82. The van der Waals surface area contributed by atoms with E-state index >= 15 is 0 Å². The van der Waals surface area contributed by atoms with E-state index in [1.54, 1.807) is 0 Å². The van der Waals surface area contributed by atoms with Gasteiger partial charge in [-0.05, 0) is 25.7 Å². The standard InChI is InChI=1S/C15H21N7O/c1-22(7-6-11-18-14(23-21-11)9-2-3-9)13-8-12(17-10-4-5-10)19-15(16)20-13/h8-10H,2-7H2,1H3,(H3,16,17,19,20). The van der Waals surface area contributed by atoms with Gasteiger partial charge in [-0.3, -0.25) is 0 Å². The summed E-state index contributed by atoms with van der Waals surface area (Å²) in [6.45, 7) is 0.739. The predicted octanol–water partition coefficient (Wildman–Crippen LogP) is 1.57. The molecule has 0 atom stereocenters. The highest BCUT2D eigenvalue weighted by atomic mass is 16.5. The van der Waals surface area contributed by atoms with Crippen molar-refractivity contribution in [2.45, 2.75) is 44.1 Å². The molecule has 3 N–H and O–H groups in total. The quantitative estimate of drug-likeness (QED) is 0.793.